The van der Waals surface area contributed by atoms with E-state index in [0.717, 1.165) is 64.1 Å². The van der Waals surface area contributed by atoms with E-state index in [1.165, 1.54) is 6.42 Å². The molecule has 0 atom stereocenters. The third kappa shape index (κ3) is 4.49. The first kappa shape index (κ1) is 20.4. The normalized spacial score (nSPS) is 13.9. The van der Waals surface area contributed by atoms with Gasteiger partial charge in [0.05, 0.1) is 31.2 Å². The lowest BCUT2D eigenvalue weighted by Crippen LogP contribution is -2.36. The summed E-state index contributed by atoms with van der Waals surface area (Å²) in [6.07, 6.45) is 3.75. The number of carbonyl (C=O) groups excluding carboxylic acids is 1. The molecule has 1 aliphatic heterocycles. The molecule has 1 amide bonds. The van der Waals surface area contributed by atoms with Crippen molar-refractivity contribution in [2.24, 2.45) is 0 Å². The van der Waals surface area contributed by atoms with Crippen LogP contribution < -0.4 is 9.47 Å². The fourth-order valence-electron chi connectivity index (χ4n) is 3.71. The quantitative estimate of drug-likeness (QED) is 0.558. The maximum atomic E-state index is 12.8. The Labute approximate surface area is 181 Å². The summed E-state index contributed by atoms with van der Waals surface area (Å²) in [5, 5.41) is 0.849. The Morgan fingerprint density at radius 3 is 2.03 bits per heavy atom. The molecule has 0 bridgehead atoms. The van der Waals surface area contributed by atoms with Gasteiger partial charge in [-0.05, 0) is 73.4 Å². The molecule has 1 saturated heterocycles. The van der Waals surface area contributed by atoms with E-state index >= 15 is 0 Å². The Balaban J connectivity index is 1.67. The van der Waals surface area contributed by atoms with Crippen molar-refractivity contribution >= 4 is 17.2 Å². The predicted octanol–water partition coefficient (Wildman–Crippen LogP) is 5.05. The molecule has 2 heterocycles. The SMILES string of the molecule is COc1ccc(-c2nc(CC(=O)N3CCCCC3)sc2-c2ccc(OC)cc2)cc1. The summed E-state index contributed by atoms with van der Waals surface area (Å²) < 4.78 is 10.6. The summed E-state index contributed by atoms with van der Waals surface area (Å²) in [6.45, 7) is 1.72. The third-order valence-corrected chi connectivity index (χ3v) is 6.50. The van der Waals surface area contributed by atoms with Gasteiger partial charge in [0.25, 0.3) is 0 Å². The molecule has 0 aliphatic carbocycles. The molecule has 0 saturated carbocycles. The van der Waals surface area contributed by atoms with E-state index in [9.17, 15) is 4.79 Å². The van der Waals surface area contributed by atoms with Crippen molar-refractivity contribution in [3.8, 4) is 33.2 Å². The molecule has 30 heavy (non-hydrogen) atoms. The molecule has 0 radical (unpaired) electrons. The fourth-order valence-corrected chi connectivity index (χ4v) is 4.79. The Bertz CT molecular complexity index is 925. The average Bonchev–Trinajstić information content (AvgIpc) is 3.23. The van der Waals surface area contributed by atoms with Crippen LogP contribution in [0.3, 0.4) is 0 Å². The molecule has 0 unspecified atom stereocenters. The summed E-state index contributed by atoms with van der Waals surface area (Å²) in [6, 6.07) is 15.9. The second-order valence-corrected chi connectivity index (χ2v) is 8.44. The zero-order valence-corrected chi connectivity index (χ0v) is 18.2. The Kier molecular flexibility index (Phi) is 6.33. The van der Waals surface area contributed by atoms with Crippen LogP contribution in [-0.2, 0) is 11.2 Å². The van der Waals surface area contributed by atoms with Crippen LogP contribution in [0.5, 0.6) is 11.5 Å². The maximum Gasteiger partial charge on any atom is 0.229 e. The number of hydrogen-bond donors (Lipinski definition) is 0. The smallest absolute Gasteiger partial charge is 0.229 e. The number of methoxy groups -OCH3 is 2. The fraction of sp³-hybridized carbons (Fsp3) is 0.333. The van der Waals surface area contributed by atoms with Crippen LogP contribution in [0.4, 0.5) is 0 Å². The lowest BCUT2D eigenvalue weighted by atomic mass is 10.1. The Hall–Kier alpha value is -2.86. The van der Waals surface area contributed by atoms with Crippen LogP contribution >= 0.6 is 11.3 Å². The summed E-state index contributed by atoms with van der Waals surface area (Å²) >= 11 is 1.59. The highest BCUT2D eigenvalue weighted by atomic mass is 32.1. The first-order valence-corrected chi connectivity index (χ1v) is 11.1. The molecule has 1 aromatic heterocycles. The number of piperidine rings is 1. The van der Waals surface area contributed by atoms with Gasteiger partial charge in [0.2, 0.25) is 5.91 Å². The van der Waals surface area contributed by atoms with E-state index in [1.54, 1.807) is 25.6 Å². The van der Waals surface area contributed by atoms with Gasteiger partial charge in [-0.2, -0.15) is 0 Å². The van der Waals surface area contributed by atoms with Crippen LogP contribution in [0.25, 0.3) is 21.7 Å². The molecule has 6 heteroatoms. The van der Waals surface area contributed by atoms with Gasteiger partial charge in [0, 0.05) is 18.7 Å². The molecule has 4 rings (SSSR count). The van der Waals surface area contributed by atoms with Crippen LogP contribution in [0.15, 0.2) is 48.5 Å². The number of likely N-dealkylation sites (tertiary alicyclic amines) is 1. The maximum absolute atomic E-state index is 12.8. The number of amides is 1. The molecule has 1 fully saturated rings. The summed E-state index contributed by atoms with van der Waals surface area (Å²) in [5.41, 5.74) is 2.97. The topological polar surface area (TPSA) is 51.7 Å². The second kappa shape index (κ2) is 9.30. The van der Waals surface area contributed by atoms with Crippen LogP contribution in [0, 0.1) is 0 Å². The van der Waals surface area contributed by atoms with Gasteiger partial charge >= 0.3 is 0 Å². The van der Waals surface area contributed by atoms with Gasteiger partial charge in [-0.25, -0.2) is 4.98 Å². The molecule has 0 spiro atoms. The van der Waals surface area contributed by atoms with Crippen molar-refractivity contribution in [2.75, 3.05) is 27.3 Å². The number of carbonyl (C=O) groups is 1. The number of nitrogens with zero attached hydrogens (tertiary/aromatic N) is 2. The highest BCUT2D eigenvalue weighted by Gasteiger charge is 2.21. The minimum Gasteiger partial charge on any atom is -0.497 e. The van der Waals surface area contributed by atoms with E-state index in [4.69, 9.17) is 14.5 Å². The van der Waals surface area contributed by atoms with Crippen LogP contribution in [0.2, 0.25) is 0 Å². The lowest BCUT2D eigenvalue weighted by Gasteiger charge is -2.26. The summed E-state index contributed by atoms with van der Waals surface area (Å²) in [4.78, 5) is 20.7. The zero-order valence-electron chi connectivity index (χ0n) is 17.4. The second-order valence-electron chi connectivity index (χ2n) is 7.36. The minimum atomic E-state index is 0.172. The van der Waals surface area contributed by atoms with Gasteiger partial charge in [0.1, 0.15) is 16.5 Å². The van der Waals surface area contributed by atoms with Crippen molar-refractivity contribution in [2.45, 2.75) is 25.7 Å². The van der Waals surface area contributed by atoms with Crippen LogP contribution in [-0.4, -0.2) is 43.1 Å². The zero-order chi connectivity index (χ0) is 20.9. The largest absolute Gasteiger partial charge is 0.497 e. The van der Waals surface area contributed by atoms with E-state index in [2.05, 4.69) is 0 Å². The van der Waals surface area contributed by atoms with Gasteiger partial charge in [-0.15, -0.1) is 11.3 Å². The number of rotatable bonds is 6. The number of ether oxygens (including phenoxy) is 2. The summed E-state index contributed by atoms with van der Waals surface area (Å²) in [7, 11) is 3.32. The molecule has 1 aliphatic rings. The predicted molar refractivity (Wildman–Crippen MR) is 120 cm³/mol. The Morgan fingerprint density at radius 1 is 0.900 bits per heavy atom. The first-order valence-electron chi connectivity index (χ1n) is 10.2. The van der Waals surface area contributed by atoms with Crippen molar-refractivity contribution < 1.29 is 14.3 Å². The van der Waals surface area contributed by atoms with E-state index < -0.39 is 0 Å². The highest BCUT2D eigenvalue weighted by molar-refractivity contribution is 7.15. The van der Waals surface area contributed by atoms with Crippen LogP contribution in [0.1, 0.15) is 24.3 Å². The van der Waals surface area contributed by atoms with E-state index in [1.807, 2.05) is 53.4 Å². The van der Waals surface area contributed by atoms with Crippen molar-refractivity contribution in [3.63, 3.8) is 0 Å². The molecule has 5 nitrogen and oxygen atoms in total. The number of thiazole rings is 1. The first-order chi connectivity index (χ1) is 14.7. The summed E-state index contributed by atoms with van der Waals surface area (Å²) in [5.74, 6) is 1.79. The number of hydrogen-bond acceptors (Lipinski definition) is 5. The monoisotopic (exact) mass is 422 g/mol. The van der Waals surface area contributed by atoms with Gasteiger partial charge in [-0.1, -0.05) is 0 Å². The molecule has 2 aromatic carbocycles. The lowest BCUT2D eigenvalue weighted by molar-refractivity contribution is -0.131. The number of benzene rings is 2. The van der Waals surface area contributed by atoms with E-state index in [-0.39, 0.29) is 5.91 Å². The average molecular weight is 423 g/mol. The minimum absolute atomic E-state index is 0.172. The van der Waals surface area contributed by atoms with Gasteiger partial charge in [0.15, 0.2) is 0 Å². The molecule has 3 aromatic rings. The van der Waals surface area contributed by atoms with E-state index in [0.29, 0.717) is 6.42 Å². The molecular weight excluding hydrogens is 396 g/mol. The molecule has 0 N–H and O–H groups in total. The Morgan fingerprint density at radius 2 is 1.47 bits per heavy atom. The van der Waals surface area contributed by atoms with Crippen molar-refractivity contribution in [1.82, 2.24) is 9.88 Å². The highest BCUT2D eigenvalue weighted by Crippen LogP contribution is 2.38. The van der Waals surface area contributed by atoms with Gasteiger partial charge < -0.3 is 14.4 Å². The third-order valence-electron chi connectivity index (χ3n) is 5.40. The molecule has 156 valence electrons. The molecular formula is C24H26N2O3S. The van der Waals surface area contributed by atoms with Crippen molar-refractivity contribution in [1.29, 1.82) is 0 Å². The van der Waals surface area contributed by atoms with Crippen molar-refractivity contribution in [3.05, 3.63) is 53.5 Å². The standard InChI is InChI=1S/C24H26N2O3S/c1-28-19-10-6-17(7-11-19)23-24(18-8-12-20(29-2)13-9-18)30-21(25-23)16-22(27)26-14-4-3-5-15-26/h6-13H,3-5,14-16H2,1-2H3. The van der Waals surface area contributed by atoms with Gasteiger partial charge in [-0.3, -0.25) is 4.79 Å². The number of aromatic nitrogens is 1.